The van der Waals surface area contributed by atoms with Crippen molar-refractivity contribution in [1.29, 1.82) is 5.26 Å². The minimum atomic E-state index is 0.638. The third-order valence-corrected chi connectivity index (χ3v) is 2.46. The molecule has 0 amide bonds. The summed E-state index contributed by atoms with van der Waals surface area (Å²) in [5, 5.41) is 9.81. The molecule has 16 heavy (non-hydrogen) atoms. The van der Waals surface area contributed by atoms with Gasteiger partial charge in [0.15, 0.2) is 0 Å². The molecule has 0 aliphatic heterocycles. The molecule has 1 aromatic carbocycles. The van der Waals surface area contributed by atoms with Gasteiger partial charge in [0.25, 0.3) is 0 Å². The number of hydrogen-bond acceptors (Lipinski definition) is 2. The molecule has 2 aromatic rings. The number of H-pyrrole nitrogens is 1. The third kappa shape index (κ3) is 1.78. The van der Waals surface area contributed by atoms with Crippen molar-refractivity contribution >= 4 is 10.9 Å². The average molecular weight is 212 g/mol. The number of aromatic nitrogens is 1. The maximum atomic E-state index is 8.92. The van der Waals surface area contributed by atoms with Crippen LogP contribution in [0.25, 0.3) is 10.9 Å². The van der Waals surface area contributed by atoms with Crippen molar-refractivity contribution < 1.29 is 4.74 Å². The lowest BCUT2D eigenvalue weighted by Gasteiger charge is -2.05. The van der Waals surface area contributed by atoms with Gasteiger partial charge in [-0.25, -0.2) is 0 Å². The van der Waals surface area contributed by atoms with Crippen LogP contribution in [0.4, 0.5) is 0 Å². The Morgan fingerprint density at radius 3 is 3.00 bits per heavy atom. The van der Waals surface area contributed by atoms with Crippen LogP contribution in [0.2, 0.25) is 0 Å². The lowest BCUT2D eigenvalue weighted by atomic mass is 10.2. The lowest BCUT2D eigenvalue weighted by Crippen LogP contribution is -1.89. The van der Waals surface area contributed by atoms with Gasteiger partial charge >= 0.3 is 0 Å². The molecule has 0 unspecified atom stereocenters. The Kier molecular flexibility index (Phi) is 2.65. The summed E-state index contributed by atoms with van der Waals surface area (Å²) in [4.78, 5) is 3.04. The lowest BCUT2D eigenvalue weighted by molar-refractivity contribution is 0.427. The number of aromatic amines is 1. The van der Waals surface area contributed by atoms with Gasteiger partial charge in [-0.1, -0.05) is 0 Å². The van der Waals surface area contributed by atoms with Gasteiger partial charge in [0.1, 0.15) is 11.8 Å². The Morgan fingerprint density at radius 1 is 1.50 bits per heavy atom. The summed E-state index contributed by atoms with van der Waals surface area (Å²) in [6.07, 6.45) is 3.60. The molecule has 0 aliphatic carbocycles. The van der Waals surface area contributed by atoms with Crippen molar-refractivity contribution in [2.75, 3.05) is 0 Å². The van der Waals surface area contributed by atoms with Crippen LogP contribution in [-0.2, 0) is 0 Å². The first-order chi connectivity index (χ1) is 7.74. The molecule has 0 radical (unpaired) electrons. The SMILES string of the molecule is C/C=C(\C)Oc1ccc2[nH]cc(C#N)c2c1. The highest BCUT2D eigenvalue weighted by Crippen LogP contribution is 2.24. The summed E-state index contributed by atoms with van der Waals surface area (Å²) >= 11 is 0. The molecule has 0 spiro atoms. The van der Waals surface area contributed by atoms with Crippen LogP contribution in [0.1, 0.15) is 19.4 Å². The van der Waals surface area contributed by atoms with Crippen molar-refractivity contribution in [1.82, 2.24) is 4.98 Å². The van der Waals surface area contributed by atoms with E-state index in [2.05, 4.69) is 11.1 Å². The minimum absolute atomic E-state index is 0.638. The average Bonchev–Trinajstić information content (AvgIpc) is 2.71. The normalized spacial score (nSPS) is 11.4. The molecule has 0 aliphatic rings. The Morgan fingerprint density at radius 2 is 2.31 bits per heavy atom. The second-order valence-corrected chi connectivity index (χ2v) is 3.52. The van der Waals surface area contributed by atoms with Gasteiger partial charge in [-0.3, -0.25) is 0 Å². The second-order valence-electron chi connectivity index (χ2n) is 3.52. The summed E-state index contributed by atoms with van der Waals surface area (Å²) in [5.74, 6) is 1.59. The van der Waals surface area contributed by atoms with E-state index in [0.717, 1.165) is 22.4 Å². The van der Waals surface area contributed by atoms with E-state index < -0.39 is 0 Å². The van der Waals surface area contributed by atoms with Crippen molar-refractivity contribution in [2.24, 2.45) is 0 Å². The highest BCUT2D eigenvalue weighted by Gasteiger charge is 2.04. The van der Waals surface area contributed by atoms with Crippen LogP contribution in [0.5, 0.6) is 5.75 Å². The Balaban J connectivity index is 2.46. The van der Waals surface area contributed by atoms with Crippen LogP contribution in [0.15, 0.2) is 36.2 Å². The zero-order chi connectivity index (χ0) is 11.5. The van der Waals surface area contributed by atoms with Crippen LogP contribution in [0, 0.1) is 11.3 Å². The van der Waals surface area contributed by atoms with E-state index in [1.54, 1.807) is 6.20 Å². The fraction of sp³-hybridized carbons (Fsp3) is 0.154. The Bertz CT molecular complexity index is 587. The third-order valence-electron chi connectivity index (χ3n) is 2.46. The fourth-order valence-corrected chi connectivity index (χ4v) is 1.50. The number of benzene rings is 1. The Labute approximate surface area is 94.0 Å². The number of allylic oxidation sites excluding steroid dienone is 2. The van der Waals surface area contributed by atoms with E-state index in [0.29, 0.717) is 5.56 Å². The zero-order valence-corrected chi connectivity index (χ0v) is 9.24. The second kappa shape index (κ2) is 4.11. The van der Waals surface area contributed by atoms with Crippen molar-refractivity contribution in [2.45, 2.75) is 13.8 Å². The molecule has 80 valence electrons. The maximum absolute atomic E-state index is 8.92. The molecule has 3 heteroatoms. The molecule has 0 saturated carbocycles. The summed E-state index contributed by atoms with van der Waals surface area (Å²) in [6.45, 7) is 3.82. The van der Waals surface area contributed by atoms with Crippen LogP contribution < -0.4 is 4.74 Å². The van der Waals surface area contributed by atoms with Crippen molar-refractivity contribution in [3.05, 3.63) is 41.8 Å². The number of ether oxygens (including phenoxy) is 1. The fourth-order valence-electron chi connectivity index (χ4n) is 1.50. The van der Waals surface area contributed by atoms with Crippen molar-refractivity contribution in [3.63, 3.8) is 0 Å². The molecule has 3 nitrogen and oxygen atoms in total. The molecule has 0 atom stereocenters. The van der Waals surface area contributed by atoms with Gasteiger partial charge in [0.2, 0.25) is 0 Å². The van der Waals surface area contributed by atoms with E-state index in [1.807, 2.05) is 38.1 Å². The predicted molar refractivity (Wildman–Crippen MR) is 63.1 cm³/mol. The molecule has 0 fully saturated rings. The number of fused-ring (bicyclic) bond motifs is 1. The summed E-state index contributed by atoms with van der Waals surface area (Å²) in [7, 11) is 0. The minimum Gasteiger partial charge on any atom is -0.462 e. The van der Waals surface area contributed by atoms with E-state index in [-0.39, 0.29) is 0 Å². The first-order valence-electron chi connectivity index (χ1n) is 5.06. The maximum Gasteiger partial charge on any atom is 0.127 e. The smallest absolute Gasteiger partial charge is 0.127 e. The van der Waals surface area contributed by atoms with Crippen LogP contribution in [0.3, 0.4) is 0 Å². The standard InChI is InChI=1S/C13H12N2O/c1-3-9(2)16-11-4-5-13-12(6-11)10(7-14)8-15-13/h3-6,8,15H,1-2H3/b9-3+. The van der Waals surface area contributed by atoms with Gasteiger partial charge < -0.3 is 9.72 Å². The first kappa shape index (κ1) is 10.3. The molecule has 0 bridgehead atoms. The van der Waals surface area contributed by atoms with Gasteiger partial charge in [-0.2, -0.15) is 5.26 Å². The highest BCUT2D eigenvalue weighted by molar-refractivity contribution is 5.86. The number of nitrogens with zero attached hydrogens (tertiary/aromatic N) is 1. The molecule has 1 aromatic heterocycles. The predicted octanol–water partition coefficient (Wildman–Crippen LogP) is 3.34. The topological polar surface area (TPSA) is 48.8 Å². The van der Waals surface area contributed by atoms with Crippen molar-refractivity contribution in [3.8, 4) is 11.8 Å². The molecular formula is C13H12N2O. The quantitative estimate of drug-likeness (QED) is 0.776. The number of rotatable bonds is 2. The van der Waals surface area contributed by atoms with Crippen LogP contribution >= 0.6 is 0 Å². The number of nitriles is 1. The molecular weight excluding hydrogens is 200 g/mol. The van der Waals surface area contributed by atoms with Crippen LogP contribution in [-0.4, -0.2) is 4.98 Å². The Hall–Kier alpha value is -2.21. The number of nitrogens with one attached hydrogen (secondary N) is 1. The monoisotopic (exact) mass is 212 g/mol. The van der Waals surface area contributed by atoms with Gasteiger partial charge in [-0.05, 0) is 38.1 Å². The summed E-state index contributed by atoms with van der Waals surface area (Å²) in [6, 6.07) is 7.81. The van der Waals surface area contributed by atoms with Gasteiger partial charge in [0, 0.05) is 17.1 Å². The largest absolute Gasteiger partial charge is 0.462 e. The van der Waals surface area contributed by atoms with E-state index in [4.69, 9.17) is 10.00 Å². The molecule has 2 rings (SSSR count). The highest BCUT2D eigenvalue weighted by atomic mass is 16.5. The van der Waals surface area contributed by atoms with E-state index in [1.165, 1.54) is 0 Å². The molecule has 1 heterocycles. The summed E-state index contributed by atoms with van der Waals surface area (Å²) < 4.78 is 5.58. The van der Waals surface area contributed by atoms with E-state index in [9.17, 15) is 0 Å². The first-order valence-corrected chi connectivity index (χ1v) is 5.06. The summed E-state index contributed by atoms with van der Waals surface area (Å²) in [5.41, 5.74) is 1.58. The van der Waals surface area contributed by atoms with Gasteiger partial charge in [-0.15, -0.1) is 0 Å². The van der Waals surface area contributed by atoms with E-state index >= 15 is 0 Å². The zero-order valence-electron chi connectivity index (χ0n) is 9.24. The van der Waals surface area contributed by atoms with Gasteiger partial charge in [0.05, 0.1) is 11.3 Å². The number of hydrogen-bond donors (Lipinski definition) is 1. The molecule has 1 N–H and O–H groups in total. The molecule has 0 saturated heterocycles.